The Bertz CT molecular complexity index is 215. The molecule has 0 amide bonds. The van der Waals surface area contributed by atoms with E-state index in [1.54, 1.807) is 6.92 Å². The number of carbonyl (C=O) groups is 1. The van der Waals surface area contributed by atoms with Crippen LogP contribution in [-0.2, 0) is 4.79 Å². The summed E-state index contributed by atoms with van der Waals surface area (Å²) in [6.07, 6.45) is 0.797. The summed E-state index contributed by atoms with van der Waals surface area (Å²) in [6, 6.07) is 0. The Morgan fingerprint density at radius 3 is 2.73 bits per heavy atom. The molecular formula is C8H12O3. The Morgan fingerprint density at radius 1 is 1.73 bits per heavy atom. The minimum Gasteiger partial charge on any atom is -0.389 e. The summed E-state index contributed by atoms with van der Waals surface area (Å²) in [5, 5.41) is 18.7. The first-order chi connectivity index (χ1) is 4.94. The second-order valence-corrected chi connectivity index (χ2v) is 3.22. The number of aliphatic hydroxyl groups is 2. The molecule has 2 atom stereocenters. The average Bonchev–Trinajstić information content (AvgIpc) is 1.84. The van der Waals surface area contributed by atoms with Crippen molar-refractivity contribution in [2.24, 2.45) is 0 Å². The number of rotatable bonds is 0. The molecule has 3 nitrogen and oxygen atoms in total. The number of carbonyl (C=O) groups excluding carboxylic acids is 1. The van der Waals surface area contributed by atoms with Crippen molar-refractivity contribution in [2.75, 3.05) is 0 Å². The van der Waals surface area contributed by atoms with Crippen LogP contribution in [0.5, 0.6) is 0 Å². The van der Waals surface area contributed by atoms with Gasteiger partial charge in [0.2, 0.25) is 0 Å². The molecule has 0 fully saturated rings. The van der Waals surface area contributed by atoms with E-state index >= 15 is 0 Å². The van der Waals surface area contributed by atoms with E-state index in [-0.39, 0.29) is 0 Å². The number of ketones is 1. The molecule has 0 spiro atoms. The molecule has 0 saturated heterocycles. The van der Waals surface area contributed by atoms with E-state index in [4.69, 9.17) is 0 Å². The van der Waals surface area contributed by atoms with Crippen LogP contribution in [0.15, 0.2) is 11.6 Å². The van der Waals surface area contributed by atoms with Gasteiger partial charge in [-0.1, -0.05) is 5.57 Å². The van der Waals surface area contributed by atoms with Gasteiger partial charge in [-0.15, -0.1) is 0 Å². The molecule has 11 heavy (non-hydrogen) atoms. The lowest BCUT2D eigenvalue weighted by Crippen LogP contribution is -2.48. The Hall–Kier alpha value is -0.670. The molecule has 2 unspecified atom stereocenters. The lowest BCUT2D eigenvalue weighted by Gasteiger charge is -2.30. The second-order valence-electron chi connectivity index (χ2n) is 3.22. The van der Waals surface area contributed by atoms with E-state index in [2.05, 4.69) is 0 Å². The molecule has 0 radical (unpaired) electrons. The molecule has 0 bridgehead atoms. The molecule has 1 rings (SSSR count). The standard InChI is InChI=1S/C8H12O3/c1-5-3-6(9)8(2,11)7(10)4-5/h3,7,10-11H,4H2,1-2H3. The largest absolute Gasteiger partial charge is 0.389 e. The molecule has 2 N–H and O–H groups in total. The van der Waals surface area contributed by atoms with Gasteiger partial charge in [-0.25, -0.2) is 0 Å². The summed E-state index contributed by atoms with van der Waals surface area (Å²) in [5.74, 6) is -0.409. The summed E-state index contributed by atoms with van der Waals surface area (Å²) in [5.41, 5.74) is -0.770. The second kappa shape index (κ2) is 2.43. The van der Waals surface area contributed by atoms with E-state index in [9.17, 15) is 15.0 Å². The van der Waals surface area contributed by atoms with Gasteiger partial charge in [-0.2, -0.15) is 0 Å². The van der Waals surface area contributed by atoms with Gasteiger partial charge in [0.25, 0.3) is 0 Å². The van der Waals surface area contributed by atoms with Crippen molar-refractivity contribution in [3.8, 4) is 0 Å². The van der Waals surface area contributed by atoms with Crippen LogP contribution >= 0.6 is 0 Å². The molecule has 0 aromatic heterocycles. The fraction of sp³-hybridized carbons (Fsp3) is 0.625. The van der Waals surface area contributed by atoms with Crippen molar-refractivity contribution < 1.29 is 15.0 Å². The fourth-order valence-electron chi connectivity index (χ4n) is 1.10. The van der Waals surface area contributed by atoms with Gasteiger partial charge < -0.3 is 10.2 Å². The molecule has 1 aliphatic carbocycles. The van der Waals surface area contributed by atoms with Crippen molar-refractivity contribution in [1.29, 1.82) is 0 Å². The molecule has 1 aliphatic rings. The van der Waals surface area contributed by atoms with E-state index in [1.807, 2.05) is 0 Å². The molecule has 0 saturated carbocycles. The summed E-state index contributed by atoms with van der Waals surface area (Å²) in [7, 11) is 0. The van der Waals surface area contributed by atoms with Crippen LogP contribution in [0.25, 0.3) is 0 Å². The van der Waals surface area contributed by atoms with Crippen molar-refractivity contribution >= 4 is 5.78 Å². The Kier molecular flexibility index (Phi) is 1.86. The van der Waals surface area contributed by atoms with E-state index in [1.165, 1.54) is 13.0 Å². The van der Waals surface area contributed by atoms with Gasteiger partial charge in [0.05, 0.1) is 6.10 Å². The molecule has 3 heteroatoms. The normalized spacial score (nSPS) is 38.7. The Labute approximate surface area is 65.3 Å². The highest BCUT2D eigenvalue weighted by Gasteiger charge is 2.39. The van der Waals surface area contributed by atoms with Crippen molar-refractivity contribution in [3.05, 3.63) is 11.6 Å². The van der Waals surface area contributed by atoms with Crippen molar-refractivity contribution in [2.45, 2.75) is 32.0 Å². The maximum atomic E-state index is 11.1. The van der Waals surface area contributed by atoms with Crippen LogP contribution in [0, 0.1) is 0 Å². The third-order valence-electron chi connectivity index (χ3n) is 2.04. The molecule has 62 valence electrons. The molecule has 0 aromatic carbocycles. The van der Waals surface area contributed by atoms with Gasteiger partial charge in [0.1, 0.15) is 5.60 Å². The van der Waals surface area contributed by atoms with Crippen LogP contribution in [0.1, 0.15) is 20.3 Å². The highest BCUT2D eigenvalue weighted by Crippen LogP contribution is 2.24. The molecule has 0 aliphatic heterocycles. The first-order valence-electron chi connectivity index (χ1n) is 3.56. The third kappa shape index (κ3) is 1.34. The first kappa shape index (κ1) is 8.43. The predicted molar refractivity (Wildman–Crippen MR) is 40.0 cm³/mol. The summed E-state index contributed by atoms with van der Waals surface area (Å²) in [6.45, 7) is 3.10. The number of aliphatic hydroxyl groups excluding tert-OH is 1. The van der Waals surface area contributed by atoms with Gasteiger partial charge >= 0.3 is 0 Å². The van der Waals surface area contributed by atoms with Crippen LogP contribution in [0.3, 0.4) is 0 Å². The van der Waals surface area contributed by atoms with E-state index < -0.39 is 17.5 Å². The smallest absolute Gasteiger partial charge is 0.189 e. The quantitative estimate of drug-likeness (QED) is 0.519. The highest BCUT2D eigenvalue weighted by atomic mass is 16.3. The Morgan fingerprint density at radius 2 is 2.27 bits per heavy atom. The molecule has 0 aromatic rings. The lowest BCUT2D eigenvalue weighted by molar-refractivity contribution is -0.143. The molecule has 0 heterocycles. The summed E-state index contributed by atoms with van der Waals surface area (Å²) < 4.78 is 0. The Balaban J connectivity index is 2.96. The van der Waals surface area contributed by atoms with Crippen LogP contribution < -0.4 is 0 Å². The van der Waals surface area contributed by atoms with Gasteiger partial charge in [0.15, 0.2) is 5.78 Å². The minimum absolute atomic E-state index is 0.374. The van der Waals surface area contributed by atoms with Crippen molar-refractivity contribution in [1.82, 2.24) is 0 Å². The van der Waals surface area contributed by atoms with Gasteiger partial charge in [-0.3, -0.25) is 4.79 Å². The van der Waals surface area contributed by atoms with Gasteiger partial charge in [0, 0.05) is 0 Å². The number of hydrogen-bond acceptors (Lipinski definition) is 3. The monoisotopic (exact) mass is 156 g/mol. The summed E-state index contributed by atoms with van der Waals surface area (Å²) >= 11 is 0. The van der Waals surface area contributed by atoms with Crippen LogP contribution in [-0.4, -0.2) is 27.7 Å². The maximum Gasteiger partial charge on any atom is 0.189 e. The highest BCUT2D eigenvalue weighted by molar-refractivity contribution is 5.98. The minimum atomic E-state index is -1.58. The van der Waals surface area contributed by atoms with Gasteiger partial charge in [-0.05, 0) is 26.3 Å². The zero-order valence-electron chi connectivity index (χ0n) is 6.66. The molecular weight excluding hydrogens is 144 g/mol. The topological polar surface area (TPSA) is 57.5 Å². The van der Waals surface area contributed by atoms with Crippen molar-refractivity contribution in [3.63, 3.8) is 0 Å². The fourth-order valence-corrected chi connectivity index (χ4v) is 1.10. The van der Waals surface area contributed by atoms with E-state index in [0.29, 0.717) is 6.42 Å². The van der Waals surface area contributed by atoms with Crippen LogP contribution in [0.2, 0.25) is 0 Å². The van der Waals surface area contributed by atoms with E-state index in [0.717, 1.165) is 5.57 Å². The SMILES string of the molecule is CC1=CC(=O)C(C)(O)C(O)C1. The maximum absolute atomic E-state index is 11.1. The van der Waals surface area contributed by atoms with Crippen LogP contribution in [0.4, 0.5) is 0 Å². The summed E-state index contributed by atoms with van der Waals surface area (Å²) in [4.78, 5) is 11.1. The lowest BCUT2D eigenvalue weighted by atomic mass is 9.84. The first-order valence-corrected chi connectivity index (χ1v) is 3.56. The average molecular weight is 156 g/mol. The predicted octanol–water partition coefficient (Wildman–Crippen LogP) is 0.0174. The zero-order valence-corrected chi connectivity index (χ0v) is 6.66. The third-order valence-corrected chi connectivity index (χ3v) is 2.04. The zero-order chi connectivity index (χ0) is 8.65. The number of hydrogen-bond donors (Lipinski definition) is 2.